The molecule has 0 radical (unpaired) electrons. The van der Waals surface area contributed by atoms with E-state index in [9.17, 15) is 5.11 Å². The summed E-state index contributed by atoms with van der Waals surface area (Å²) in [5.74, 6) is 0. The first-order valence-corrected chi connectivity index (χ1v) is 6.37. The highest BCUT2D eigenvalue weighted by Crippen LogP contribution is 2.20. The zero-order valence-electron chi connectivity index (χ0n) is 10.7. The van der Waals surface area contributed by atoms with Gasteiger partial charge in [-0.05, 0) is 50.1 Å². The predicted molar refractivity (Wildman–Crippen MR) is 71.6 cm³/mol. The Morgan fingerprint density at radius 1 is 1.35 bits per heavy atom. The molecule has 1 fully saturated rings. The van der Waals surface area contributed by atoms with Crippen molar-refractivity contribution < 1.29 is 5.11 Å². The van der Waals surface area contributed by atoms with E-state index >= 15 is 0 Å². The summed E-state index contributed by atoms with van der Waals surface area (Å²) in [5.41, 5.74) is 3.94. The number of nitrogens with one attached hydrogen (secondary N) is 1. The molecule has 0 amide bonds. The molecule has 3 heteroatoms. The van der Waals surface area contributed by atoms with Crippen molar-refractivity contribution in [2.45, 2.75) is 26.3 Å². The van der Waals surface area contributed by atoms with E-state index in [0.717, 1.165) is 26.1 Å². The number of rotatable bonds is 2. The second-order valence-electron chi connectivity index (χ2n) is 4.90. The van der Waals surface area contributed by atoms with Crippen LogP contribution in [-0.2, 0) is 0 Å². The van der Waals surface area contributed by atoms with E-state index in [1.807, 2.05) is 0 Å². The van der Waals surface area contributed by atoms with Crippen LogP contribution in [0.5, 0.6) is 0 Å². The maximum absolute atomic E-state index is 9.29. The van der Waals surface area contributed by atoms with Gasteiger partial charge in [0.25, 0.3) is 0 Å². The number of hydrogen-bond acceptors (Lipinski definition) is 3. The molecule has 17 heavy (non-hydrogen) atoms. The van der Waals surface area contributed by atoms with Crippen LogP contribution in [0.2, 0.25) is 0 Å². The zero-order valence-corrected chi connectivity index (χ0v) is 10.7. The fourth-order valence-electron chi connectivity index (χ4n) is 2.28. The molecular weight excluding hydrogens is 212 g/mol. The summed E-state index contributed by atoms with van der Waals surface area (Å²) < 4.78 is 0. The van der Waals surface area contributed by atoms with E-state index in [1.165, 1.54) is 16.8 Å². The number of aryl methyl sites for hydroxylation is 2. The van der Waals surface area contributed by atoms with Crippen LogP contribution in [0.3, 0.4) is 0 Å². The largest absolute Gasteiger partial charge is 0.395 e. The smallest absolute Gasteiger partial charge is 0.0601 e. The molecule has 0 bridgehead atoms. The molecule has 1 aromatic carbocycles. The first-order chi connectivity index (χ1) is 8.20. The second-order valence-corrected chi connectivity index (χ2v) is 4.90. The van der Waals surface area contributed by atoms with Gasteiger partial charge in [-0.1, -0.05) is 6.07 Å². The third kappa shape index (κ3) is 2.99. The molecule has 0 aliphatic carbocycles. The van der Waals surface area contributed by atoms with Crippen molar-refractivity contribution in [1.29, 1.82) is 0 Å². The summed E-state index contributed by atoms with van der Waals surface area (Å²) in [6.07, 6.45) is 1.13. The van der Waals surface area contributed by atoms with Crippen LogP contribution in [0.15, 0.2) is 18.2 Å². The molecule has 1 saturated heterocycles. The van der Waals surface area contributed by atoms with E-state index in [1.54, 1.807) is 0 Å². The summed E-state index contributed by atoms with van der Waals surface area (Å²) in [5, 5.41) is 12.7. The SMILES string of the molecule is Cc1ccc(N2CCCNC(CO)C2)cc1C. The number of aliphatic hydroxyl groups is 1. The topological polar surface area (TPSA) is 35.5 Å². The number of aliphatic hydroxyl groups excluding tert-OH is 1. The molecule has 1 atom stereocenters. The standard InChI is InChI=1S/C14H22N2O/c1-11-4-5-14(8-12(11)2)16-7-3-6-15-13(9-16)10-17/h4-5,8,13,15,17H,3,6-7,9-10H2,1-2H3. The Bertz CT molecular complexity index is 378. The van der Waals surface area contributed by atoms with E-state index < -0.39 is 0 Å². The fourth-order valence-corrected chi connectivity index (χ4v) is 2.28. The van der Waals surface area contributed by atoms with Crippen LogP contribution >= 0.6 is 0 Å². The second kappa shape index (κ2) is 5.52. The minimum absolute atomic E-state index is 0.194. The average Bonchev–Trinajstić information content (AvgIpc) is 2.58. The molecule has 3 nitrogen and oxygen atoms in total. The van der Waals surface area contributed by atoms with Crippen molar-refractivity contribution >= 4 is 5.69 Å². The highest BCUT2D eigenvalue weighted by molar-refractivity contribution is 5.50. The van der Waals surface area contributed by atoms with Gasteiger partial charge in [-0.25, -0.2) is 0 Å². The monoisotopic (exact) mass is 234 g/mol. The van der Waals surface area contributed by atoms with Crippen LogP contribution in [0, 0.1) is 13.8 Å². The zero-order chi connectivity index (χ0) is 12.3. The quantitative estimate of drug-likeness (QED) is 0.813. The third-order valence-corrected chi connectivity index (χ3v) is 3.55. The molecule has 1 unspecified atom stereocenters. The third-order valence-electron chi connectivity index (χ3n) is 3.55. The summed E-state index contributed by atoms with van der Waals surface area (Å²) in [6.45, 7) is 7.44. The minimum atomic E-state index is 0.194. The summed E-state index contributed by atoms with van der Waals surface area (Å²) >= 11 is 0. The van der Waals surface area contributed by atoms with Gasteiger partial charge in [0.15, 0.2) is 0 Å². The van der Waals surface area contributed by atoms with Crippen LogP contribution in [-0.4, -0.2) is 37.4 Å². The van der Waals surface area contributed by atoms with Gasteiger partial charge in [-0.3, -0.25) is 0 Å². The number of hydrogen-bond donors (Lipinski definition) is 2. The summed E-state index contributed by atoms with van der Waals surface area (Å²) in [4.78, 5) is 2.37. The highest BCUT2D eigenvalue weighted by Gasteiger charge is 2.17. The molecule has 0 aromatic heterocycles. The van der Waals surface area contributed by atoms with Crippen LogP contribution < -0.4 is 10.2 Å². The Kier molecular flexibility index (Phi) is 4.02. The maximum atomic E-state index is 9.29. The van der Waals surface area contributed by atoms with Gasteiger partial charge in [0.1, 0.15) is 0 Å². The van der Waals surface area contributed by atoms with Crippen LogP contribution in [0.4, 0.5) is 5.69 Å². The lowest BCUT2D eigenvalue weighted by atomic mass is 10.1. The molecule has 1 heterocycles. The van der Waals surface area contributed by atoms with Crippen molar-refractivity contribution in [1.82, 2.24) is 5.32 Å². The number of anilines is 1. The van der Waals surface area contributed by atoms with Crippen LogP contribution in [0.25, 0.3) is 0 Å². The molecule has 94 valence electrons. The Morgan fingerprint density at radius 2 is 2.18 bits per heavy atom. The summed E-state index contributed by atoms with van der Waals surface area (Å²) in [6, 6.07) is 6.80. The first kappa shape index (κ1) is 12.4. The highest BCUT2D eigenvalue weighted by atomic mass is 16.3. The lowest BCUT2D eigenvalue weighted by Gasteiger charge is -2.26. The van der Waals surface area contributed by atoms with Gasteiger partial charge in [0.2, 0.25) is 0 Å². The molecular formula is C14H22N2O. The normalized spacial score (nSPS) is 21.4. The Morgan fingerprint density at radius 3 is 2.88 bits per heavy atom. The van der Waals surface area contributed by atoms with Crippen molar-refractivity contribution in [2.75, 3.05) is 31.1 Å². The van der Waals surface area contributed by atoms with Crippen LogP contribution in [0.1, 0.15) is 17.5 Å². The van der Waals surface area contributed by atoms with E-state index in [4.69, 9.17) is 0 Å². The van der Waals surface area contributed by atoms with E-state index in [-0.39, 0.29) is 12.6 Å². The van der Waals surface area contributed by atoms with Crippen molar-refractivity contribution in [2.24, 2.45) is 0 Å². The Labute approximate surface area is 103 Å². The van der Waals surface area contributed by atoms with Crippen molar-refractivity contribution in [3.63, 3.8) is 0 Å². The minimum Gasteiger partial charge on any atom is -0.395 e. The molecule has 2 rings (SSSR count). The maximum Gasteiger partial charge on any atom is 0.0601 e. The number of benzene rings is 1. The van der Waals surface area contributed by atoms with E-state index in [2.05, 4.69) is 42.3 Å². The van der Waals surface area contributed by atoms with Gasteiger partial charge in [0.05, 0.1) is 6.61 Å². The lowest BCUT2D eigenvalue weighted by Crippen LogP contribution is -2.40. The average molecular weight is 234 g/mol. The fraction of sp³-hybridized carbons (Fsp3) is 0.571. The van der Waals surface area contributed by atoms with Gasteiger partial charge in [-0.2, -0.15) is 0 Å². The first-order valence-electron chi connectivity index (χ1n) is 6.37. The van der Waals surface area contributed by atoms with Gasteiger partial charge >= 0.3 is 0 Å². The summed E-state index contributed by atoms with van der Waals surface area (Å²) in [7, 11) is 0. The number of nitrogens with zero attached hydrogens (tertiary/aromatic N) is 1. The Hall–Kier alpha value is -1.06. The molecule has 1 aliphatic rings. The molecule has 1 aromatic rings. The van der Waals surface area contributed by atoms with Crippen molar-refractivity contribution in [3.05, 3.63) is 29.3 Å². The van der Waals surface area contributed by atoms with E-state index in [0.29, 0.717) is 0 Å². The van der Waals surface area contributed by atoms with Crippen molar-refractivity contribution in [3.8, 4) is 0 Å². The lowest BCUT2D eigenvalue weighted by molar-refractivity contribution is 0.248. The molecule has 1 aliphatic heterocycles. The predicted octanol–water partition coefficient (Wildman–Crippen LogP) is 1.46. The molecule has 0 spiro atoms. The van der Waals surface area contributed by atoms with Gasteiger partial charge in [-0.15, -0.1) is 0 Å². The Balaban J connectivity index is 2.16. The molecule has 2 N–H and O–H groups in total. The van der Waals surface area contributed by atoms with Gasteiger partial charge in [0, 0.05) is 24.8 Å². The van der Waals surface area contributed by atoms with Gasteiger partial charge < -0.3 is 15.3 Å². The molecule has 0 saturated carbocycles.